The van der Waals surface area contributed by atoms with Gasteiger partial charge in [-0.05, 0) is 31.2 Å². The van der Waals surface area contributed by atoms with E-state index >= 15 is 0 Å². The van der Waals surface area contributed by atoms with Gasteiger partial charge in [0.15, 0.2) is 0 Å². The van der Waals surface area contributed by atoms with Crippen LogP contribution in [0.4, 0.5) is 5.69 Å². The number of para-hydroxylation sites is 1. The number of hydrogen-bond acceptors (Lipinski definition) is 5. The lowest BCUT2D eigenvalue weighted by atomic mass is 10.1. The molecule has 4 rings (SSSR count). The first kappa shape index (κ1) is 17.1. The zero-order chi connectivity index (χ0) is 18.6. The van der Waals surface area contributed by atoms with Crippen LogP contribution in [0, 0.1) is 0 Å². The molecule has 0 radical (unpaired) electrons. The van der Waals surface area contributed by atoms with Gasteiger partial charge < -0.3 is 9.80 Å². The second-order valence-corrected chi connectivity index (χ2v) is 6.48. The standard InChI is InChI=1S/C21H21N5O/c1-2-26(18-6-4-3-5-7-18)21(27)16-8-9-17(22-12-16)13-25-11-10-19-20(14-25)24-15-23-19/h3-9,12,14-15H,2,10-11,13H2,1H3. The zero-order valence-corrected chi connectivity index (χ0v) is 15.2. The molecule has 27 heavy (non-hydrogen) atoms. The first-order valence-corrected chi connectivity index (χ1v) is 9.12. The second kappa shape index (κ2) is 7.53. The summed E-state index contributed by atoms with van der Waals surface area (Å²) in [4.78, 5) is 29.8. The highest BCUT2D eigenvalue weighted by molar-refractivity contribution is 6.08. The van der Waals surface area contributed by atoms with Gasteiger partial charge in [0.05, 0.1) is 23.5 Å². The first-order valence-electron chi connectivity index (χ1n) is 9.12. The molecule has 0 spiro atoms. The number of anilines is 1. The second-order valence-electron chi connectivity index (χ2n) is 6.48. The number of nitrogens with zero attached hydrogens (tertiary/aromatic N) is 5. The molecule has 0 atom stereocenters. The number of allylic oxidation sites excluding steroid dienone is 1. The average Bonchev–Trinajstić information content (AvgIpc) is 3.18. The summed E-state index contributed by atoms with van der Waals surface area (Å²) in [6.45, 7) is 4.17. The van der Waals surface area contributed by atoms with Crippen LogP contribution in [0.2, 0.25) is 0 Å². The molecule has 0 N–H and O–H groups in total. The van der Waals surface area contributed by atoms with E-state index in [-0.39, 0.29) is 5.91 Å². The molecule has 0 aliphatic carbocycles. The number of rotatable bonds is 5. The van der Waals surface area contributed by atoms with E-state index in [1.165, 1.54) is 0 Å². The van der Waals surface area contributed by atoms with Crippen LogP contribution in [-0.4, -0.2) is 40.9 Å². The summed E-state index contributed by atoms with van der Waals surface area (Å²) in [5.74, 6) is -0.0380. The van der Waals surface area contributed by atoms with Crippen molar-refractivity contribution in [2.24, 2.45) is 9.98 Å². The van der Waals surface area contributed by atoms with E-state index in [1.54, 1.807) is 17.4 Å². The van der Waals surface area contributed by atoms with Crippen molar-refractivity contribution in [1.29, 1.82) is 0 Å². The quantitative estimate of drug-likeness (QED) is 0.823. The van der Waals surface area contributed by atoms with Gasteiger partial charge in [0.25, 0.3) is 5.91 Å². The Hall–Kier alpha value is -3.28. The largest absolute Gasteiger partial charge is 0.369 e. The molecular weight excluding hydrogens is 338 g/mol. The predicted molar refractivity (Wildman–Crippen MR) is 107 cm³/mol. The lowest BCUT2D eigenvalue weighted by Gasteiger charge is -2.25. The number of carbonyl (C=O) groups is 1. The van der Waals surface area contributed by atoms with Crippen molar-refractivity contribution in [2.45, 2.75) is 19.9 Å². The van der Waals surface area contributed by atoms with Crippen LogP contribution in [0.5, 0.6) is 0 Å². The van der Waals surface area contributed by atoms with E-state index in [0.29, 0.717) is 18.7 Å². The normalized spacial score (nSPS) is 15.2. The number of pyridine rings is 1. The maximum atomic E-state index is 12.8. The number of hydrogen-bond donors (Lipinski definition) is 0. The van der Waals surface area contributed by atoms with Crippen molar-refractivity contribution in [2.75, 3.05) is 18.0 Å². The Bertz CT molecular complexity index is 915. The molecule has 6 nitrogen and oxygen atoms in total. The van der Waals surface area contributed by atoms with E-state index < -0.39 is 0 Å². The van der Waals surface area contributed by atoms with Crippen molar-refractivity contribution in [3.63, 3.8) is 0 Å². The fraction of sp³-hybridized carbons (Fsp3) is 0.238. The molecule has 1 aromatic carbocycles. The average molecular weight is 359 g/mol. The highest BCUT2D eigenvalue weighted by atomic mass is 16.2. The molecule has 2 aliphatic heterocycles. The van der Waals surface area contributed by atoms with Crippen molar-refractivity contribution >= 4 is 23.6 Å². The summed E-state index contributed by atoms with van der Waals surface area (Å²) in [5.41, 5.74) is 4.41. The van der Waals surface area contributed by atoms with Gasteiger partial charge in [0.1, 0.15) is 12.0 Å². The minimum absolute atomic E-state index is 0.0380. The fourth-order valence-corrected chi connectivity index (χ4v) is 3.27. The van der Waals surface area contributed by atoms with Crippen LogP contribution >= 0.6 is 0 Å². The number of fused-ring (bicyclic) bond motifs is 1. The van der Waals surface area contributed by atoms with E-state index in [0.717, 1.165) is 35.8 Å². The SMILES string of the molecule is CCN(C(=O)c1ccc(CN2C=C3N=CN=C3CC2)nc1)c1ccccc1. The van der Waals surface area contributed by atoms with Gasteiger partial charge in [-0.3, -0.25) is 9.78 Å². The van der Waals surface area contributed by atoms with Gasteiger partial charge in [0, 0.05) is 37.6 Å². The third-order valence-electron chi connectivity index (χ3n) is 4.71. The van der Waals surface area contributed by atoms with Crippen LogP contribution in [0.1, 0.15) is 29.4 Å². The van der Waals surface area contributed by atoms with Crippen molar-refractivity contribution in [1.82, 2.24) is 9.88 Å². The lowest BCUT2D eigenvalue weighted by molar-refractivity contribution is 0.0988. The number of aliphatic imine (C=N–C) groups is 2. The Kier molecular flexibility index (Phi) is 4.78. The lowest BCUT2D eigenvalue weighted by Crippen LogP contribution is -2.30. The Labute approximate surface area is 158 Å². The molecule has 0 fully saturated rings. The monoisotopic (exact) mass is 359 g/mol. The van der Waals surface area contributed by atoms with Gasteiger partial charge in [-0.15, -0.1) is 0 Å². The number of amides is 1. The number of carbonyl (C=O) groups excluding carboxylic acids is 1. The summed E-state index contributed by atoms with van der Waals surface area (Å²) >= 11 is 0. The molecule has 0 unspecified atom stereocenters. The molecule has 3 heterocycles. The molecule has 0 saturated carbocycles. The minimum Gasteiger partial charge on any atom is -0.369 e. The van der Waals surface area contributed by atoms with Crippen LogP contribution in [0.25, 0.3) is 0 Å². The maximum Gasteiger partial charge on any atom is 0.259 e. The molecule has 136 valence electrons. The molecule has 6 heteroatoms. The Morgan fingerprint density at radius 3 is 2.78 bits per heavy atom. The summed E-state index contributed by atoms with van der Waals surface area (Å²) in [6, 6.07) is 13.5. The van der Waals surface area contributed by atoms with Crippen LogP contribution in [0.15, 0.2) is 70.5 Å². The number of aromatic nitrogens is 1. The van der Waals surface area contributed by atoms with Crippen LogP contribution < -0.4 is 4.90 Å². The fourth-order valence-electron chi connectivity index (χ4n) is 3.27. The van der Waals surface area contributed by atoms with E-state index in [1.807, 2.05) is 55.6 Å². The Morgan fingerprint density at radius 1 is 1.19 bits per heavy atom. The van der Waals surface area contributed by atoms with Gasteiger partial charge in [0.2, 0.25) is 0 Å². The van der Waals surface area contributed by atoms with Crippen molar-refractivity contribution < 1.29 is 4.79 Å². The summed E-state index contributed by atoms with van der Waals surface area (Å²) in [5, 5.41) is 0. The third kappa shape index (κ3) is 3.65. The van der Waals surface area contributed by atoms with E-state index in [2.05, 4.69) is 19.9 Å². The highest BCUT2D eigenvalue weighted by Crippen LogP contribution is 2.19. The Balaban J connectivity index is 1.46. The van der Waals surface area contributed by atoms with Crippen molar-refractivity contribution in [3.8, 4) is 0 Å². The van der Waals surface area contributed by atoms with Crippen LogP contribution in [-0.2, 0) is 6.54 Å². The summed E-state index contributed by atoms with van der Waals surface area (Å²) in [6.07, 6.45) is 6.20. The summed E-state index contributed by atoms with van der Waals surface area (Å²) in [7, 11) is 0. The molecule has 1 aromatic heterocycles. The maximum absolute atomic E-state index is 12.8. The first-order chi connectivity index (χ1) is 13.2. The zero-order valence-electron chi connectivity index (χ0n) is 15.2. The molecule has 0 saturated heterocycles. The van der Waals surface area contributed by atoms with Gasteiger partial charge in [-0.25, -0.2) is 9.98 Å². The molecular formula is C21H21N5O. The van der Waals surface area contributed by atoms with E-state index in [9.17, 15) is 4.79 Å². The van der Waals surface area contributed by atoms with E-state index in [4.69, 9.17) is 0 Å². The predicted octanol–water partition coefficient (Wildman–Crippen LogP) is 3.28. The third-order valence-corrected chi connectivity index (χ3v) is 4.71. The van der Waals surface area contributed by atoms with Gasteiger partial charge in [-0.2, -0.15) is 0 Å². The molecule has 0 bridgehead atoms. The van der Waals surface area contributed by atoms with Gasteiger partial charge >= 0.3 is 0 Å². The van der Waals surface area contributed by atoms with Gasteiger partial charge in [-0.1, -0.05) is 18.2 Å². The highest BCUT2D eigenvalue weighted by Gasteiger charge is 2.19. The molecule has 1 amide bonds. The number of benzene rings is 1. The molecule has 2 aliphatic rings. The summed E-state index contributed by atoms with van der Waals surface area (Å²) < 4.78 is 0. The smallest absolute Gasteiger partial charge is 0.259 e. The topological polar surface area (TPSA) is 61.2 Å². The van der Waals surface area contributed by atoms with Crippen LogP contribution in [0.3, 0.4) is 0 Å². The van der Waals surface area contributed by atoms with Crippen molar-refractivity contribution in [3.05, 3.63) is 71.8 Å². The minimum atomic E-state index is -0.0380. The molecule has 2 aromatic rings. The Morgan fingerprint density at radius 2 is 2.04 bits per heavy atom.